The number of phenolic OH excluding ortho intramolecular Hbond substituents is 1. The number of pyridine rings is 1. The number of rotatable bonds is 1. The maximum atomic E-state index is 15.9. The molecule has 3 heterocycles. The first kappa shape index (κ1) is 20.1. The first-order chi connectivity index (χ1) is 14.8. The SMILES string of the molecule is C[C@H]1CC[C@@H]2COc3c(c4cc(Cl)c(-c5c(O)cccc5F)c(F)c4n(C)c3=O)N2C1. The van der Waals surface area contributed by atoms with Crippen molar-refractivity contribution >= 4 is 28.2 Å². The fraction of sp³-hybridized carbons (Fsp3) is 0.348. The predicted octanol–water partition coefficient (Wildman–Crippen LogP) is 4.84. The number of halogens is 3. The minimum absolute atomic E-state index is 0.00622. The number of benzene rings is 2. The Balaban J connectivity index is 1.87. The Bertz CT molecular complexity index is 1270. The van der Waals surface area contributed by atoms with Gasteiger partial charge < -0.3 is 19.3 Å². The molecule has 5 rings (SSSR count). The van der Waals surface area contributed by atoms with Gasteiger partial charge in [-0.3, -0.25) is 4.79 Å². The molecular weight excluding hydrogens is 426 g/mol. The molecule has 0 aliphatic carbocycles. The average molecular weight is 447 g/mol. The number of aromatic nitrogens is 1. The Morgan fingerprint density at radius 3 is 2.74 bits per heavy atom. The number of piperidine rings is 1. The Morgan fingerprint density at radius 2 is 2.00 bits per heavy atom. The number of nitrogens with zero attached hydrogens (tertiary/aromatic N) is 2. The Kier molecular flexibility index (Phi) is 4.62. The maximum Gasteiger partial charge on any atom is 0.295 e. The van der Waals surface area contributed by atoms with Crippen molar-refractivity contribution in [1.82, 2.24) is 4.57 Å². The molecule has 1 N–H and O–H groups in total. The summed E-state index contributed by atoms with van der Waals surface area (Å²) in [6.07, 6.45) is 1.96. The van der Waals surface area contributed by atoms with Crippen molar-refractivity contribution in [3.8, 4) is 22.6 Å². The van der Waals surface area contributed by atoms with Crippen LogP contribution in [-0.4, -0.2) is 28.9 Å². The van der Waals surface area contributed by atoms with Crippen molar-refractivity contribution < 1.29 is 18.6 Å². The Morgan fingerprint density at radius 1 is 1.23 bits per heavy atom. The highest BCUT2D eigenvalue weighted by Crippen LogP contribution is 2.46. The quantitative estimate of drug-likeness (QED) is 0.581. The summed E-state index contributed by atoms with van der Waals surface area (Å²) in [6, 6.07) is 5.33. The molecule has 31 heavy (non-hydrogen) atoms. The van der Waals surface area contributed by atoms with Crippen LogP contribution in [-0.2, 0) is 7.05 Å². The maximum absolute atomic E-state index is 15.9. The lowest BCUT2D eigenvalue weighted by molar-refractivity contribution is 0.222. The topological polar surface area (TPSA) is 54.7 Å². The van der Waals surface area contributed by atoms with Crippen molar-refractivity contribution in [2.24, 2.45) is 13.0 Å². The molecule has 2 aromatic carbocycles. The summed E-state index contributed by atoms with van der Waals surface area (Å²) in [5.74, 6) is -1.52. The fourth-order valence-electron chi connectivity index (χ4n) is 4.83. The molecule has 162 valence electrons. The normalized spacial score (nSPS) is 20.4. The molecule has 2 aliphatic rings. The molecule has 0 unspecified atom stereocenters. The molecule has 3 aromatic rings. The second-order valence-corrected chi connectivity index (χ2v) is 8.83. The third-order valence-corrected chi connectivity index (χ3v) is 6.69. The van der Waals surface area contributed by atoms with Crippen LogP contribution in [0.15, 0.2) is 29.1 Å². The number of hydrogen-bond acceptors (Lipinski definition) is 4. The summed E-state index contributed by atoms with van der Waals surface area (Å²) in [6.45, 7) is 3.26. The molecule has 1 aromatic heterocycles. The van der Waals surface area contributed by atoms with Gasteiger partial charge in [-0.1, -0.05) is 24.6 Å². The van der Waals surface area contributed by atoms with E-state index >= 15 is 4.39 Å². The number of phenols is 1. The van der Waals surface area contributed by atoms with E-state index < -0.39 is 22.9 Å². The summed E-state index contributed by atoms with van der Waals surface area (Å²) < 4.78 is 37.4. The Labute approximate surface area is 182 Å². The number of aromatic hydroxyl groups is 1. The zero-order valence-corrected chi connectivity index (χ0v) is 17.8. The zero-order chi connectivity index (χ0) is 22.0. The lowest BCUT2D eigenvalue weighted by Gasteiger charge is -2.44. The van der Waals surface area contributed by atoms with Gasteiger partial charge >= 0.3 is 0 Å². The number of hydrogen-bond donors (Lipinski definition) is 1. The van der Waals surface area contributed by atoms with Crippen molar-refractivity contribution in [1.29, 1.82) is 0 Å². The molecule has 8 heteroatoms. The predicted molar refractivity (Wildman–Crippen MR) is 116 cm³/mol. The smallest absolute Gasteiger partial charge is 0.295 e. The third kappa shape index (κ3) is 2.90. The van der Waals surface area contributed by atoms with Gasteiger partial charge in [0, 0.05) is 24.5 Å². The van der Waals surface area contributed by atoms with Crippen molar-refractivity contribution in [2.45, 2.75) is 25.8 Å². The second-order valence-electron chi connectivity index (χ2n) is 8.42. The third-order valence-electron chi connectivity index (χ3n) is 6.39. The molecule has 0 spiro atoms. The van der Waals surface area contributed by atoms with Gasteiger partial charge in [-0.05, 0) is 37.0 Å². The van der Waals surface area contributed by atoms with Crippen LogP contribution in [0.5, 0.6) is 11.5 Å². The van der Waals surface area contributed by atoms with Crippen LogP contribution in [0, 0.1) is 17.6 Å². The zero-order valence-electron chi connectivity index (χ0n) is 17.1. The minimum atomic E-state index is -0.863. The largest absolute Gasteiger partial charge is 0.507 e. The minimum Gasteiger partial charge on any atom is -0.507 e. The number of ether oxygens (including phenoxy) is 1. The first-order valence-electron chi connectivity index (χ1n) is 10.2. The van der Waals surface area contributed by atoms with Crippen molar-refractivity contribution in [2.75, 3.05) is 18.1 Å². The van der Waals surface area contributed by atoms with Gasteiger partial charge in [-0.25, -0.2) is 8.78 Å². The van der Waals surface area contributed by atoms with Crippen LogP contribution >= 0.6 is 11.6 Å². The molecule has 0 radical (unpaired) electrons. The lowest BCUT2D eigenvalue weighted by atomic mass is 9.92. The Hall–Kier alpha value is -2.80. The van der Waals surface area contributed by atoms with Crippen LogP contribution in [0.25, 0.3) is 22.0 Å². The van der Waals surface area contributed by atoms with Gasteiger partial charge in [0.1, 0.15) is 18.2 Å². The van der Waals surface area contributed by atoms with Gasteiger partial charge in [0.25, 0.3) is 5.56 Å². The van der Waals surface area contributed by atoms with Crippen LogP contribution in [0.2, 0.25) is 5.02 Å². The van der Waals surface area contributed by atoms with E-state index in [-0.39, 0.29) is 33.5 Å². The highest BCUT2D eigenvalue weighted by Gasteiger charge is 2.37. The van der Waals surface area contributed by atoms with E-state index in [0.29, 0.717) is 23.6 Å². The highest BCUT2D eigenvalue weighted by atomic mass is 35.5. The summed E-state index contributed by atoms with van der Waals surface area (Å²) in [5.41, 5.74) is -0.554. The van der Waals surface area contributed by atoms with E-state index in [2.05, 4.69) is 11.8 Å². The van der Waals surface area contributed by atoms with Gasteiger partial charge in [0.05, 0.1) is 27.8 Å². The van der Waals surface area contributed by atoms with Crippen molar-refractivity contribution in [3.05, 3.63) is 51.3 Å². The number of anilines is 1. The second kappa shape index (κ2) is 7.12. The first-order valence-corrected chi connectivity index (χ1v) is 10.6. The summed E-state index contributed by atoms with van der Waals surface area (Å²) in [7, 11) is 1.45. The van der Waals surface area contributed by atoms with Crippen LogP contribution in [0.3, 0.4) is 0 Å². The molecule has 0 amide bonds. The lowest BCUT2D eigenvalue weighted by Crippen LogP contribution is -2.50. The highest BCUT2D eigenvalue weighted by molar-refractivity contribution is 6.34. The average Bonchev–Trinajstić information content (AvgIpc) is 2.72. The molecule has 1 fully saturated rings. The van der Waals surface area contributed by atoms with E-state index in [1.165, 1.54) is 25.2 Å². The summed E-state index contributed by atoms with van der Waals surface area (Å²) >= 11 is 6.46. The van der Waals surface area contributed by atoms with Gasteiger partial charge in [0.2, 0.25) is 5.75 Å². The molecule has 0 bridgehead atoms. The van der Waals surface area contributed by atoms with Crippen LogP contribution in [0.4, 0.5) is 14.5 Å². The van der Waals surface area contributed by atoms with E-state index in [1.54, 1.807) is 0 Å². The van der Waals surface area contributed by atoms with E-state index in [1.807, 2.05) is 0 Å². The van der Waals surface area contributed by atoms with Crippen LogP contribution < -0.4 is 15.2 Å². The van der Waals surface area contributed by atoms with Gasteiger partial charge in [0.15, 0.2) is 5.82 Å². The van der Waals surface area contributed by atoms with Gasteiger partial charge in [-0.15, -0.1) is 0 Å². The molecule has 2 aliphatic heterocycles. The van der Waals surface area contributed by atoms with Crippen LogP contribution in [0.1, 0.15) is 19.8 Å². The molecule has 2 atom stereocenters. The molecule has 1 saturated heterocycles. The monoisotopic (exact) mass is 446 g/mol. The van der Waals surface area contributed by atoms with E-state index in [4.69, 9.17) is 16.3 Å². The van der Waals surface area contributed by atoms with Gasteiger partial charge in [-0.2, -0.15) is 0 Å². The van der Waals surface area contributed by atoms with Crippen molar-refractivity contribution in [3.63, 3.8) is 0 Å². The number of fused-ring (bicyclic) bond motifs is 5. The molecule has 5 nitrogen and oxygen atoms in total. The summed E-state index contributed by atoms with van der Waals surface area (Å²) in [4.78, 5) is 15.2. The number of aryl methyl sites for hydroxylation is 1. The standard InChI is InChI=1S/C23H21ClF2N2O3/c1-11-6-7-12-10-31-22-21(28(12)9-11)13-8-14(24)17(18-15(25)4-3-5-16(18)29)19(26)20(13)27(2)23(22)30/h3-5,8,11-12,29H,6-7,9-10H2,1-2H3/t11-,12+/m0/s1. The van der Waals surface area contributed by atoms with E-state index in [0.717, 1.165) is 30.0 Å². The molecular formula is C23H21ClF2N2O3. The molecule has 0 saturated carbocycles. The summed E-state index contributed by atoms with van der Waals surface area (Å²) in [5, 5.41) is 10.6. The fourth-order valence-corrected chi connectivity index (χ4v) is 5.12. The van der Waals surface area contributed by atoms with E-state index in [9.17, 15) is 14.3 Å².